The molecular weight excluding hydrogens is 448 g/mol. The van der Waals surface area contributed by atoms with Crippen LogP contribution in [-0.4, -0.2) is 20.2 Å². The third kappa shape index (κ3) is 8.97. The van der Waals surface area contributed by atoms with Crippen molar-refractivity contribution in [3.8, 4) is 23.7 Å². The average molecular weight is 485 g/mol. The van der Waals surface area contributed by atoms with Gasteiger partial charge in [0, 0.05) is 22.6 Å². The van der Waals surface area contributed by atoms with Crippen LogP contribution >= 0.6 is 0 Å². The van der Waals surface area contributed by atoms with Gasteiger partial charge in [-0.05, 0) is 86.4 Å². The second-order valence-electron chi connectivity index (χ2n) is 9.04. The summed E-state index contributed by atoms with van der Waals surface area (Å²) in [7, 11) is 0. The van der Waals surface area contributed by atoms with E-state index in [9.17, 15) is 0 Å². The van der Waals surface area contributed by atoms with Crippen molar-refractivity contribution in [1.82, 2.24) is 0 Å². The largest absolute Gasteiger partial charge is 0.476 e. The third-order valence-corrected chi connectivity index (χ3v) is 6.25. The van der Waals surface area contributed by atoms with Gasteiger partial charge in [0.05, 0.1) is 25.7 Å². The minimum absolute atomic E-state index is 0.202. The van der Waals surface area contributed by atoms with Gasteiger partial charge in [0.25, 0.3) is 0 Å². The molecule has 0 bridgehead atoms. The van der Waals surface area contributed by atoms with Crippen LogP contribution < -0.4 is 0 Å². The maximum atomic E-state index is 5.54. The van der Waals surface area contributed by atoms with Gasteiger partial charge in [0.15, 0.2) is 13.6 Å². The number of hydrogen-bond donors (Lipinski definition) is 0. The Morgan fingerprint density at radius 1 is 0.806 bits per heavy atom. The molecule has 0 radical (unpaired) electrons. The standard InChI is InChI=1S/C32H36O4/c1-5-33-23-35-21-29-12-7-27(8-13-29)11-16-31-19-25(3)32(26(4)20-31)18-17-28-9-14-30(15-10-28)22-36-24-34-6-2/h5-6,9-10,14-15,19-20,27,29H,1-2,7-8,12-13,21-24H2,3-4H3. The van der Waals surface area contributed by atoms with Crippen molar-refractivity contribution in [1.29, 1.82) is 0 Å². The number of hydrogen-bond acceptors (Lipinski definition) is 4. The van der Waals surface area contributed by atoms with E-state index in [1.54, 1.807) is 0 Å². The fourth-order valence-corrected chi connectivity index (χ4v) is 4.28. The van der Waals surface area contributed by atoms with Crippen molar-refractivity contribution in [3.63, 3.8) is 0 Å². The molecule has 0 saturated heterocycles. The van der Waals surface area contributed by atoms with Crippen molar-refractivity contribution >= 4 is 0 Å². The molecule has 0 N–H and O–H groups in total. The molecule has 4 heteroatoms. The predicted octanol–water partition coefficient (Wildman–Crippen LogP) is 6.63. The first kappa shape index (κ1) is 27.2. The van der Waals surface area contributed by atoms with E-state index in [4.69, 9.17) is 18.9 Å². The number of rotatable bonds is 10. The number of benzene rings is 2. The Bertz CT molecular complexity index is 1090. The lowest BCUT2D eigenvalue weighted by molar-refractivity contribution is -0.0312. The fourth-order valence-electron chi connectivity index (χ4n) is 4.28. The van der Waals surface area contributed by atoms with Crippen LogP contribution in [0.5, 0.6) is 0 Å². The second-order valence-corrected chi connectivity index (χ2v) is 9.04. The van der Waals surface area contributed by atoms with Crippen molar-refractivity contribution in [2.45, 2.75) is 46.1 Å². The summed E-state index contributed by atoms with van der Waals surface area (Å²) < 4.78 is 20.9. The van der Waals surface area contributed by atoms with Gasteiger partial charge >= 0.3 is 0 Å². The summed E-state index contributed by atoms with van der Waals surface area (Å²) >= 11 is 0. The molecule has 2 aromatic rings. The van der Waals surface area contributed by atoms with Gasteiger partial charge in [-0.1, -0.05) is 49.0 Å². The molecular formula is C32H36O4. The first-order chi connectivity index (χ1) is 17.6. The van der Waals surface area contributed by atoms with E-state index >= 15 is 0 Å². The van der Waals surface area contributed by atoms with Gasteiger partial charge in [-0.2, -0.15) is 0 Å². The summed E-state index contributed by atoms with van der Waals surface area (Å²) in [5, 5.41) is 0. The smallest absolute Gasteiger partial charge is 0.188 e. The molecule has 0 unspecified atom stereocenters. The molecule has 0 amide bonds. The van der Waals surface area contributed by atoms with Gasteiger partial charge in [0.1, 0.15) is 0 Å². The molecule has 188 valence electrons. The molecule has 1 fully saturated rings. The Hall–Kier alpha value is -3.44. The zero-order valence-corrected chi connectivity index (χ0v) is 21.5. The average Bonchev–Trinajstić information content (AvgIpc) is 2.89. The van der Waals surface area contributed by atoms with Crippen LogP contribution in [0.1, 0.15) is 59.1 Å². The Kier molecular flexibility index (Phi) is 11.2. The molecule has 0 heterocycles. The van der Waals surface area contributed by atoms with Crippen LogP contribution in [0.2, 0.25) is 0 Å². The zero-order chi connectivity index (χ0) is 25.6. The molecule has 36 heavy (non-hydrogen) atoms. The fraction of sp³-hybridized carbons (Fsp3) is 0.375. The van der Waals surface area contributed by atoms with Crippen LogP contribution in [0.3, 0.4) is 0 Å². The van der Waals surface area contributed by atoms with E-state index < -0.39 is 0 Å². The van der Waals surface area contributed by atoms with E-state index in [1.165, 1.54) is 12.5 Å². The Balaban J connectivity index is 1.54. The van der Waals surface area contributed by atoms with Gasteiger partial charge in [-0.15, -0.1) is 0 Å². The second kappa shape index (κ2) is 14.8. The van der Waals surface area contributed by atoms with Crippen LogP contribution in [0.25, 0.3) is 0 Å². The van der Waals surface area contributed by atoms with Crippen molar-refractivity contribution < 1.29 is 18.9 Å². The lowest BCUT2D eigenvalue weighted by atomic mass is 9.82. The lowest BCUT2D eigenvalue weighted by Crippen LogP contribution is -2.18. The van der Waals surface area contributed by atoms with E-state index in [0.717, 1.165) is 65.7 Å². The van der Waals surface area contributed by atoms with Crippen molar-refractivity contribution in [3.05, 3.63) is 95.5 Å². The van der Waals surface area contributed by atoms with E-state index in [0.29, 0.717) is 18.4 Å². The minimum atomic E-state index is 0.202. The third-order valence-electron chi connectivity index (χ3n) is 6.25. The molecule has 0 aliphatic heterocycles. The maximum absolute atomic E-state index is 5.54. The van der Waals surface area contributed by atoms with E-state index in [1.807, 2.05) is 24.3 Å². The molecule has 0 atom stereocenters. The SMILES string of the molecule is C=COCOCc1ccc(C#Cc2c(C)cc(C#CC3CCC(COCOC=C)CC3)cc2C)cc1. The molecule has 0 spiro atoms. The maximum Gasteiger partial charge on any atom is 0.188 e. The Morgan fingerprint density at radius 2 is 1.44 bits per heavy atom. The summed E-state index contributed by atoms with van der Waals surface area (Å²) in [6, 6.07) is 12.4. The van der Waals surface area contributed by atoms with Crippen LogP contribution in [0.4, 0.5) is 0 Å². The predicted molar refractivity (Wildman–Crippen MR) is 144 cm³/mol. The molecule has 3 rings (SSSR count). The van der Waals surface area contributed by atoms with Crippen LogP contribution in [-0.2, 0) is 25.6 Å². The number of aryl methyl sites for hydroxylation is 2. The highest BCUT2D eigenvalue weighted by molar-refractivity contribution is 5.54. The molecule has 1 aliphatic rings. The van der Waals surface area contributed by atoms with Crippen LogP contribution in [0, 0.1) is 49.4 Å². The van der Waals surface area contributed by atoms with Gasteiger partial charge in [-0.25, -0.2) is 0 Å². The molecule has 1 aliphatic carbocycles. The highest BCUT2D eigenvalue weighted by Crippen LogP contribution is 2.28. The monoisotopic (exact) mass is 484 g/mol. The Morgan fingerprint density at radius 3 is 2.08 bits per heavy atom. The highest BCUT2D eigenvalue weighted by atomic mass is 16.7. The van der Waals surface area contributed by atoms with Crippen LogP contribution in [0.15, 0.2) is 62.1 Å². The van der Waals surface area contributed by atoms with Crippen molar-refractivity contribution in [2.24, 2.45) is 11.8 Å². The summed E-state index contributed by atoms with van der Waals surface area (Å²) in [6.07, 6.45) is 7.33. The highest BCUT2D eigenvalue weighted by Gasteiger charge is 2.20. The first-order valence-electron chi connectivity index (χ1n) is 12.4. The summed E-state index contributed by atoms with van der Waals surface area (Å²) in [5.41, 5.74) is 6.48. The summed E-state index contributed by atoms with van der Waals surface area (Å²) in [6.45, 7) is 13.0. The molecule has 4 nitrogen and oxygen atoms in total. The van der Waals surface area contributed by atoms with Gasteiger partial charge in [-0.3, -0.25) is 0 Å². The topological polar surface area (TPSA) is 36.9 Å². The van der Waals surface area contributed by atoms with E-state index in [-0.39, 0.29) is 13.6 Å². The quantitative estimate of drug-likeness (QED) is 0.164. The molecule has 2 aromatic carbocycles. The van der Waals surface area contributed by atoms with Gasteiger partial charge < -0.3 is 18.9 Å². The van der Waals surface area contributed by atoms with Gasteiger partial charge in [0.2, 0.25) is 0 Å². The van der Waals surface area contributed by atoms with Crippen molar-refractivity contribution in [2.75, 3.05) is 20.2 Å². The summed E-state index contributed by atoms with van der Waals surface area (Å²) in [5.74, 6) is 14.6. The first-order valence-corrected chi connectivity index (χ1v) is 12.4. The molecule has 1 saturated carbocycles. The van der Waals surface area contributed by atoms with E-state index in [2.05, 4.69) is 62.8 Å². The zero-order valence-electron chi connectivity index (χ0n) is 21.5. The lowest BCUT2D eigenvalue weighted by Gasteiger charge is -2.25. The summed E-state index contributed by atoms with van der Waals surface area (Å²) in [4.78, 5) is 0. The Labute approximate surface area is 216 Å². The number of ether oxygens (including phenoxy) is 4. The normalized spacial score (nSPS) is 16.6. The molecule has 0 aromatic heterocycles. The minimum Gasteiger partial charge on any atom is -0.476 e.